The molecule has 1 N–H and O–H groups in total. The van der Waals surface area contributed by atoms with Gasteiger partial charge < -0.3 is 5.32 Å². The number of carbonyl (C=O) groups excluding carboxylic acids is 1. The highest BCUT2D eigenvalue weighted by Crippen LogP contribution is 2.11. The summed E-state index contributed by atoms with van der Waals surface area (Å²) in [7, 11) is -2.41. The van der Waals surface area contributed by atoms with Gasteiger partial charge in [-0.25, -0.2) is 12.8 Å². The van der Waals surface area contributed by atoms with Gasteiger partial charge in [-0.05, 0) is 36.2 Å². The van der Waals surface area contributed by atoms with E-state index in [0.717, 1.165) is 9.87 Å². The predicted octanol–water partition coefficient (Wildman–Crippen LogP) is 1.20. The van der Waals surface area contributed by atoms with E-state index in [4.69, 9.17) is 0 Å². The monoisotopic (exact) mass is 351 g/mol. The SMILES string of the molecule is CN(CC(=O)NCCc1ccc(F)cc1)S(=O)(=O)c1cccnc1. The first-order valence-electron chi connectivity index (χ1n) is 7.27. The highest BCUT2D eigenvalue weighted by atomic mass is 32.2. The van der Waals surface area contributed by atoms with Gasteiger partial charge >= 0.3 is 0 Å². The molecule has 8 heteroatoms. The minimum atomic E-state index is -3.75. The van der Waals surface area contributed by atoms with Gasteiger partial charge in [-0.2, -0.15) is 4.31 Å². The molecule has 0 saturated carbocycles. The van der Waals surface area contributed by atoms with Crippen molar-refractivity contribution in [3.8, 4) is 0 Å². The van der Waals surface area contributed by atoms with E-state index in [2.05, 4.69) is 10.3 Å². The first kappa shape index (κ1) is 18.0. The van der Waals surface area contributed by atoms with E-state index in [1.807, 2.05) is 0 Å². The maximum Gasteiger partial charge on any atom is 0.244 e. The van der Waals surface area contributed by atoms with E-state index < -0.39 is 15.9 Å². The minimum absolute atomic E-state index is 0.0339. The van der Waals surface area contributed by atoms with E-state index in [-0.39, 0.29) is 17.3 Å². The zero-order valence-corrected chi connectivity index (χ0v) is 14.0. The van der Waals surface area contributed by atoms with E-state index in [1.165, 1.54) is 43.7 Å². The Kier molecular flexibility index (Phi) is 5.99. The Morgan fingerprint density at radius 3 is 2.58 bits per heavy atom. The maximum absolute atomic E-state index is 12.8. The fourth-order valence-electron chi connectivity index (χ4n) is 2.02. The van der Waals surface area contributed by atoms with Crippen LogP contribution < -0.4 is 5.32 Å². The first-order valence-corrected chi connectivity index (χ1v) is 8.71. The number of amides is 1. The quantitative estimate of drug-likeness (QED) is 0.813. The number of likely N-dealkylation sites (N-methyl/N-ethyl adjacent to an activating group) is 1. The Bertz CT molecular complexity index is 780. The van der Waals surface area contributed by atoms with Gasteiger partial charge in [0.2, 0.25) is 15.9 Å². The Hall–Kier alpha value is -2.32. The molecule has 0 atom stereocenters. The summed E-state index contributed by atoms with van der Waals surface area (Å²) < 4.78 is 38.3. The van der Waals surface area contributed by atoms with Gasteiger partial charge in [0.1, 0.15) is 10.7 Å². The summed E-state index contributed by atoms with van der Waals surface area (Å²) in [5.41, 5.74) is 0.882. The topological polar surface area (TPSA) is 79.4 Å². The smallest absolute Gasteiger partial charge is 0.244 e. The van der Waals surface area contributed by atoms with Gasteiger partial charge in [0, 0.05) is 26.0 Å². The molecule has 0 fully saturated rings. The molecule has 1 heterocycles. The summed E-state index contributed by atoms with van der Waals surface area (Å²) in [5, 5.41) is 2.65. The van der Waals surface area contributed by atoms with Gasteiger partial charge in [-0.1, -0.05) is 12.1 Å². The second kappa shape index (κ2) is 7.98. The fraction of sp³-hybridized carbons (Fsp3) is 0.250. The Morgan fingerprint density at radius 2 is 1.96 bits per heavy atom. The van der Waals surface area contributed by atoms with Crippen molar-refractivity contribution in [3.63, 3.8) is 0 Å². The zero-order valence-electron chi connectivity index (χ0n) is 13.1. The molecule has 1 aromatic heterocycles. The molecule has 0 bridgehead atoms. The lowest BCUT2D eigenvalue weighted by Gasteiger charge is -2.16. The molecule has 24 heavy (non-hydrogen) atoms. The number of carbonyl (C=O) groups is 1. The molecule has 0 spiro atoms. The van der Waals surface area contributed by atoms with Crippen molar-refractivity contribution in [2.75, 3.05) is 20.1 Å². The average Bonchev–Trinajstić information content (AvgIpc) is 2.57. The molecule has 0 saturated heterocycles. The van der Waals surface area contributed by atoms with Gasteiger partial charge in [0.05, 0.1) is 6.54 Å². The molecule has 0 unspecified atom stereocenters. The minimum Gasteiger partial charge on any atom is -0.355 e. The van der Waals surface area contributed by atoms with Crippen LogP contribution in [0.5, 0.6) is 0 Å². The molecule has 1 aromatic carbocycles. The lowest BCUT2D eigenvalue weighted by Crippen LogP contribution is -2.39. The number of nitrogens with one attached hydrogen (secondary N) is 1. The normalized spacial score (nSPS) is 11.5. The lowest BCUT2D eigenvalue weighted by atomic mass is 10.1. The van der Waals surface area contributed by atoms with Crippen LogP contribution in [0.4, 0.5) is 4.39 Å². The number of pyridine rings is 1. The number of hydrogen-bond donors (Lipinski definition) is 1. The van der Waals surface area contributed by atoms with Crippen LogP contribution in [0.3, 0.4) is 0 Å². The summed E-state index contributed by atoms with van der Waals surface area (Å²) >= 11 is 0. The average molecular weight is 351 g/mol. The van der Waals surface area contributed by atoms with Crippen LogP contribution >= 0.6 is 0 Å². The maximum atomic E-state index is 12.8. The molecule has 2 aromatic rings. The summed E-state index contributed by atoms with van der Waals surface area (Å²) in [6.07, 6.45) is 3.24. The number of rotatable bonds is 7. The summed E-state index contributed by atoms with van der Waals surface area (Å²) in [5.74, 6) is -0.725. The van der Waals surface area contributed by atoms with Crippen LogP contribution in [-0.4, -0.2) is 43.8 Å². The van der Waals surface area contributed by atoms with Gasteiger partial charge in [0.25, 0.3) is 0 Å². The number of benzene rings is 1. The summed E-state index contributed by atoms with van der Waals surface area (Å²) in [6, 6.07) is 8.92. The van der Waals surface area contributed by atoms with Crippen molar-refractivity contribution in [2.24, 2.45) is 0 Å². The van der Waals surface area contributed by atoms with Crippen molar-refractivity contribution in [3.05, 3.63) is 60.2 Å². The number of hydrogen-bond acceptors (Lipinski definition) is 4. The fourth-order valence-corrected chi connectivity index (χ4v) is 3.11. The molecular weight excluding hydrogens is 333 g/mol. The van der Waals surface area contributed by atoms with Crippen molar-refractivity contribution >= 4 is 15.9 Å². The molecule has 0 aliphatic rings. The van der Waals surface area contributed by atoms with Crippen molar-refractivity contribution in [2.45, 2.75) is 11.3 Å². The van der Waals surface area contributed by atoms with E-state index in [9.17, 15) is 17.6 Å². The molecule has 0 aliphatic heterocycles. The molecule has 0 radical (unpaired) electrons. The van der Waals surface area contributed by atoms with Gasteiger partial charge in [0.15, 0.2) is 0 Å². The highest BCUT2D eigenvalue weighted by molar-refractivity contribution is 7.89. The van der Waals surface area contributed by atoms with Crippen molar-refractivity contribution < 1.29 is 17.6 Å². The van der Waals surface area contributed by atoms with E-state index >= 15 is 0 Å². The number of aromatic nitrogens is 1. The van der Waals surface area contributed by atoms with Crippen LogP contribution in [0.2, 0.25) is 0 Å². The third-order valence-corrected chi connectivity index (χ3v) is 5.14. The van der Waals surface area contributed by atoms with Crippen LogP contribution in [0, 0.1) is 5.82 Å². The number of nitrogens with zero attached hydrogens (tertiary/aromatic N) is 2. The lowest BCUT2D eigenvalue weighted by molar-refractivity contribution is -0.121. The largest absolute Gasteiger partial charge is 0.355 e. The van der Waals surface area contributed by atoms with Crippen LogP contribution in [-0.2, 0) is 21.2 Å². The summed E-state index contributed by atoms with van der Waals surface area (Å²) in [6.45, 7) is 0.0475. The second-order valence-corrected chi connectivity index (χ2v) is 7.22. The van der Waals surface area contributed by atoms with E-state index in [1.54, 1.807) is 12.1 Å². The molecule has 6 nitrogen and oxygen atoms in total. The molecule has 128 valence electrons. The van der Waals surface area contributed by atoms with E-state index in [0.29, 0.717) is 13.0 Å². The molecule has 2 rings (SSSR count). The van der Waals surface area contributed by atoms with Crippen molar-refractivity contribution in [1.29, 1.82) is 0 Å². The molecule has 1 amide bonds. The van der Waals surface area contributed by atoms with Crippen LogP contribution in [0.25, 0.3) is 0 Å². The highest BCUT2D eigenvalue weighted by Gasteiger charge is 2.22. The van der Waals surface area contributed by atoms with Crippen molar-refractivity contribution in [1.82, 2.24) is 14.6 Å². The first-order chi connectivity index (χ1) is 11.4. The number of halogens is 1. The third-order valence-electron chi connectivity index (χ3n) is 3.36. The predicted molar refractivity (Wildman–Crippen MR) is 87.2 cm³/mol. The standard InChI is InChI=1S/C16H18FN3O3S/c1-20(24(22,23)15-3-2-9-18-11-15)12-16(21)19-10-8-13-4-6-14(17)7-5-13/h2-7,9,11H,8,10,12H2,1H3,(H,19,21). The molecular formula is C16H18FN3O3S. The Labute approximate surface area is 140 Å². The molecule has 0 aliphatic carbocycles. The second-order valence-electron chi connectivity index (χ2n) is 5.18. The zero-order chi connectivity index (χ0) is 17.6. The number of sulfonamides is 1. The Balaban J connectivity index is 1.84. The summed E-state index contributed by atoms with van der Waals surface area (Å²) in [4.78, 5) is 15.7. The Morgan fingerprint density at radius 1 is 1.25 bits per heavy atom. The van der Waals surface area contributed by atoms with Crippen LogP contribution in [0.15, 0.2) is 53.7 Å². The van der Waals surface area contributed by atoms with Crippen LogP contribution in [0.1, 0.15) is 5.56 Å². The van der Waals surface area contributed by atoms with Gasteiger partial charge in [-0.3, -0.25) is 9.78 Å². The third kappa shape index (κ3) is 4.84. The van der Waals surface area contributed by atoms with Gasteiger partial charge in [-0.15, -0.1) is 0 Å².